The van der Waals surface area contributed by atoms with Gasteiger partial charge in [0.15, 0.2) is 10.2 Å². The van der Waals surface area contributed by atoms with Gasteiger partial charge >= 0.3 is 0 Å². The van der Waals surface area contributed by atoms with Crippen LogP contribution in [0.1, 0.15) is 115 Å². The van der Waals surface area contributed by atoms with Crippen molar-refractivity contribution in [3.05, 3.63) is 94.0 Å². The van der Waals surface area contributed by atoms with E-state index in [1.807, 2.05) is 26.0 Å². The molecule has 6 heterocycles. The zero-order valence-electron chi connectivity index (χ0n) is 32.6. The molecule has 0 saturated carbocycles. The molecule has 0 aliphatic carbocycles. The Morgan fingerprint density at radius 3 is 1.25 bits per heavy atom. The summed E-state index contributed by atoms with van der Waals surface area (Å²) in [6.07, 6.45) is -0.111. The van der Waals surface area contributed by atoms with E-state index in [0.29, 0.717) is 0 Å². The van der Waals surface area contributed by atoms with Crippen molar-refractivity contribution < 1.29 is 39.6 Å². The van der Waals surface area contributed by atoms with Gasteiger partial charge in [-0.05, 0) is 83.3 Å². The van der Waals surface area contributed by atoms with Crippen LogP contribution in [0, 0.1) is 0 Å². The Kier molecular flexibility index (Phi) is 9.83. The summed E-state index contributed by atoms with van der Waals surface area (Å²) >= 11 is 1.59. The summed E-state index contributed by atoms with van der Waals surface area (Å²) in [6, 6.07) is 16.7. The summed E-state index contributed by atoms with van der Waals surface area (Å²) in [4.78, 5) is 86.1. The number of rotatable bonds is 4. The minimum atomic E-state index is -1.64. The lowest BCUT2D eigenvalue weighted by molar-refractivity contribution is -0.117. The lowest BCUT2D eigenvalue weighted by atomic mass is 9.81. The molecule has 10 nitrogen and oxygen atoms in total. The summed E-state index contributed by atoms with van der Waals surface area (Å²) in [5.41, 5.74) is 2.09. The van der Waals surface area contributed by atoms with Crippen LogP contribution in [0.25, 0.3) is 10.8 Å². The lowest BCUT2D eigenvalue weighted by Crippen LogP contribution is -2.44. The number of nitrogens with zero attached hydrogens (tertiary/aromatic N) is 2. The lowest BCUT2D eigenvalue weighted by Gasteiger charge is -2.34. The molecule has 4 amide bonds. The highest BCUT2D eigenvalue weighted by Gasteiger charge is 2.42. The molecule has 0 fully saturated rings. The van der Waals surface area contributed by atoms with Gasteiger partial charge < -0.3 is 9.47 Å². The van der Waals surface area contributed by atoms with Gasteiger partial charge in [-0.25, -0.2) is 9.80 Å². The largest absolute Gasteiger partial charge is 0.491 e. The maximum absolute atomic E-state index is 14.6. The van der Waals surface area contributed by atoms with Crippen LogP contribution in [0.4, 0.5) is 11.4 Å². The van der Waals surface area contributed by atoms with Crippen LogP contribution in [-0.2, 0) is 20.4 Å². The van der Waals surface area contributed by atoms with Crippen molar-refractivity contribution in [3.63, 3.8) is 0 Å². The molecule has 10 rings (SSSR count). The van der Waals surface area contributed by atoms with Crippen molar-refractivity contribution in [2.75, 3.05) is 34.5 Å². The number of amides is 4. The maximum atomic E-state index is 14.6. The first-order valence-electron chi connectivity index (χ1n) is 18.9. The van der Waals surface area contributed by atoms with Crippen molar-refractivity contribution in [1.82, 2.24) is 0 Å². The van der Waals surface area contributed by atoms with Gasteiger partial charge in [0.25, 0.3) is 23.6 Å². The van der Waals surface area contributed by atoms with E-state index in [1.165, 1.54) is 24.3 Å². The van der Waals surface area contributed by atoms with Crippen molar-refractivity contribution in [2.45, 2.75) is 71.6 Å². The van der Waals surface area contributed by atoms with Gasteiger partial charge in [0, 0.05) is 45.9 Å². The third-order valence-corrected chi connectivity index (χ3v) is 12.6. The third kappa shape index (κ3) is 6.73. The average Bonchev–Trinajstić information content (AvgIpc) is 3.19. The Hall–Kier alpha value is -4.94. The summed E-state index contributed by atoms with van der Waals surface area (Å²) < 4.78 is 20.5. The van der Waals surface area contributed by atoms with Gasteiger partial charge in [0.2, 0.25) is 0 Å². The van der Waals surface area contributed by atoms with Gasteiger partial charge in [-0.15, -0.1) is 0 Å². The molecule has 55 heavy (non-hydrogen) atoms. The first kappa shape index (κ1) is 37.0. The molecule has 0 saturated heterocycles. The molecular weight excluding hydrogens is 737 g/mol. The average molecular weight is 780 g/mol. The third-order valence-electron chi connectivity index (χ3n) is 11.0. The van der Waals surface area contributed by atoms with E-state index in [4.69, 9.17) is 10.8 Å². The zero-order valence-corrected chi connectivity index (χ0v) is 33.2. The smallest absolute Gasteiger partial charge is 0.266 e. The monoisotopic (exact) mass is 779 g/mol. The number of carbonyl (C=O) groups excluding carboxylic acids is 6. The fraction of sp³-hybridized carbons (Fsp3) is 0.349. The molecule has 6 aliphatic heterocycles. The second kappa shape index (κ2) is 14.6. The summed E-state index contributed by atoms with van der Waals surface area (Å²) in [5, 5.41) is -0.815. The number of anilines is 2. The van der Waals surface area contributed by atoms with Crippen LogP contribution in [-0.4, -0.2) is 58.6 Å². The summed E-state index contributed by atoms with van der Waals surface area (Å²) in [5.74, 6) is -1.92. The molecule has 0 unspecified atom stereocenters. The number of ether oxygens (including phenoxy) is 2. The highest BCUT2D eigenvalue weighted by atomic mass is 32.2. The Labute approximate surface area is 329 Å². The van der Waals surface area contributed by atoms with Crippen molar-refractivity contribution in [3.8, 4) is 11.5 Å². The topological polar surface area (TPSA) is 127 Å². The number of hydrogen-bond acceptors (Lipinski definition) is 10. The van der Waals surface area contributed by atoms with Crippen molar-refractivity contribution >= 4 is 79.5 Å². The SMILES string of the molecule is [2H]C1C(=O)SCCOc2ccc(C(C)(C)CC)cc2N2C(=O)c3ccc4c5c(ccc(c35)C2=O)C(=O)N(C4=O)c2cc(C(C)(C)CC)ccc2OCCSC1=O. The minimum Gasteiger partial charge on any atom is -0.491 e. The molecule has 4 aromatic rings. The Morgan fingerprint density at radius 1 is 0.582 bits per heavy atom. The molecule has 0 aromatic heterocycles. The van der Waals surface area contributed by atoms with E-state index >= 15 is 0 Å². The number of imide groups is 2. The molecule has 6 aliphatic rings. The fourth-order valence-electron chi connectivity index (χ4n) is 6.96. The van der Waals surface area contributed by atoms with Crippen LogP contribution < -0.4 is 19.3 Å². The molecule has 0 radical (unpaired) electrons. The Balaban J connectivity index is 1.40. The van der Waals surface area contributed by atoms with Gasteiger partial charge in [-0.3, -0.25) is 28.8 Å². The number of carbonyl (C=O) groups is 6. The van der Waals surface area contributed by atoms with E-state index in [0.717, 1.165) is 57.3 Å². The van der Waals surface area contributed by atoms with E-state index in [-0.39, 0.29) is 91.4 Å². The van der Waals surface area contributed by atoms with Crippen LogP contribution >= 0.6 is 23.5 Å². The normalized spacial score (nSPS) is 17.6. The molecule has 284 valence electrons. The van der Waals surface area contributed by atoms with E-state index in [9.17, 15) is 28.8 Å². The van der Waals surface area contributed by atoms with E-state index < -0.39 is 40.3 Å². The number of thioether (sulfide) groups is 2. The first-order valence-corrected chi connectivity index (χ1v) is 20.3. The van der Waals surface area contributed by atoms with Gasteiger partial charge in [-0.2, -0.15) is 0 Å². The van der Waals surface area contributed by atoms with Crippen LogP contribution in [0.5, 0.6) is 11.5 Å². The van der Waals surface area contributed by atoms with Crippen molar-refractivity contribution in [1.29, 1.82) is 0 Å². The van der Waals surface area contributed by atoms with Gasteiger partial charge in [-0.1, -0.05) is 77.2 Å². The number of hydrogen-bond donors (Lipinski definition) is 0. The highest BCUT2D eigenvalue weighted by molar-refractivity contribution is 8.15. The minimum absolute atomic E-state index is 0.0196. The first-order chi connectivity index (χ1) is 26.6. The summed E-state index contributed by atoms with van der Waals surface area (Å²) in [6.45, 7) is 12.3. The fourth-order valence-corrected chi connectivity index (χ4v) is 8.15. The number of benzene rings is 4. The molecule has 0 atom stereocenters. The standard InChI is InChI=1S/C43H42N2O8S2/c1-7-42(3,4)24-9-15-32-30(21-24)44-38(48)26-11-13-28-37-29(14-12-27(36(26)37)39(44)49)41(51)45(40(28)50)31-22-25(43(5,6)8-2)10-16-33(31)53-18-20-55-35(47)23-34(46)54-19-17-52-32/h9-16,21-22H,7-8,17-20,23H2,1-6H3/i23D. The molecule has 0 spiro atoms. The second-order valence-corrected chi connectivity index (χ2v) is 17.2. The predicted octanol–water partition coefficient (Wildman–Crippen LogP) is 8.50. The number of fused-ring (bicyclic) bond motifs is 2. The molecule has 8 bridgehead atoms. The molecular formula is C43H42N2O8S2. The Morgan fingerprint density at radius 2 is 0.927 bits per heavy atom. The van der Waals surface area contributed by atoms with Crippen molar-refractivity contribution in [2.24, 2.45) is 0 Å². The maximum Gasteiger partial charge on any atom is 0.266 e. The second-order valence-electron chi connectivity index (χ2n) is 15.0. The van der Waals surface area contributed by atoms with Crippen LogP contribution in [0.2, 0.25) is 0 Å². The van der Waals surface area contributed by atoms with Crippen LogP contribution in [0.15, 0.2) is 60.7 Å². The predicted molar refractivity (Wildman–Crippen MR) is 216 cm³/mol. The van der Waals surface area contributed by atoms with E-state index in [2.05, 4.69) is 27.7 Å². The zero-order chi connectivity index (χ0) is 40.3. The van der Waals surface area contributed by atoms with Gasteiger partial charge in [0.05, 0.1) is 31.0 Å². The quantitative estimate of drug-likeness (QED) is 0.147. The van der Waals surface area contributed by atoms with Crippen LogP contribution in [0.3, 0.4) is 0 Å². The summed E-state index contributed by atoms with van der Waals surface area (Å²) in [7, 11) is 0. The molecule has 4 aromatic carbocycles. The molecule has 0 N–H and O–H groups in total. The Bertz CT molecular complexity index is 2140. The molecule has 12 heteroatoms. The highest BCUT2D eigenvalue weighted by Crippen LogP contribution is 2.45. The van der Waals surface area contributed by atoms with E-state index in [1.54, 1.807) is 24.3 Å². The van der Waals surface area contributed by atoms with Gasteiger partial charge in [0.1, 0.15) is 11.5 Å².